The van der Waals surface area contributed by atoms with Gasteiger partial charge in [0, 0.05) is 36.8 Å². The summed E-state index contributed by atoms with van der Waals surface area (Å²) in [4.78, 5) is 13.2. The highest BCUT2D eigenvalue weighted by Crippen LogP contribution is 2.55. The summed E-state index contributed by atoms with van der Waals surface area (Å²) in [6, 6.07) is 20.5. The van der Waals surface area contributed by atoms with E-state index < -0.39 is 5.79 Å². The minimum absolute atomic E-state index is 0.0829. The second-order valence-electron chi connectivity index (χ2n) is 7.54. The molecule has 3 aromatic rings. The molecule has 6 nitrogen and oxygen atoms in total. The molecule has 0 aromatic heterocycles. The Kier molecular flexibility index (Phi) is 6.38. The molecule has 1 aliphatic rings. The Balaban J connectivity index is 1.87. The Morgan fingerprint density at radius 2 is 1.58 bits per heavy atom. The largest absolute Gasteiger partial charge is 0.497 e. The number of benzene rings is 3. The molecule has 0 radical (unpaired) electrons. The second kappa shape index (κ2) is 9.38. The maximum atomic E-state index is 13.2. The fourth-order valence-corrected chi connectivity index (χ4v) is 4.04. The van der Waals surface area contributed by atoms with Crippen molar-refractivity contribution in [2.24, 2.45) is 0 Å². The molecule has 0 saturated carbocycles. The van der Waals surface area contributed by atoms with Crippen molar-refractivity contribution in [1.82, 2.24) is 0 Å². The summed E-state index contributed by atoms with van der Waals surface area (Å²) in [5.74, 6) is 0.868. The molecule has 1 heterocycles. The number of hydrogen-bond donors (Lipinski definition) is 0. The van der Waals surface area contributed by atoms with Gasteiger partial charge in [-0.2, -0.15) is 0 Å². The Morgan fingerprint density at radius 1 is 0.879 bits per heavy atom. The van der Waals surface area contributed by atoms with Crippen LogP contribution in [-0.2, 0) is 21.7 Å². The van der Waals surface area contributed by atoms with Crippen molar-refractivity contribution in [2.75, 3.05) is 28.4 Å². The van der Waals surface area contributed by atoms with E-state index in [1.807, 2.05) is 54.6 Å². The zero-order chi connectivity index (χ0) is 23.4. The van der Waals surface area contributed by atoms with Crippen molar-refractivity contribution in [3.05, 3.63) is 89.5 Å². The van der Waals surface area contributed by atoms with Gasteiger partial charge in [0.15, 0.2) is 5.78 Å². The van der Waals surface area contributed by atoms with E-state index in [1.165, 1.54) is 0 Å². The van der Waals surface area contributed by atoms with Crippen molar-refractivity contribution in [2.45, 2.75) is 12.2 Å². The number of methoxy groups -OCH3 is 4. The highest BCUT2D eigenvalue weighted by molar-refractivity contribution is 6.02. The fraction of sp³-hybridized carbons (Fsp3) is 0.222. The molecule has 0 spiro atoms. The summed E-state index contributed by atoms with van der Waals surface area (Å²) in [6.45, 7) is 0. The van der Waals surface area contributed by atoms with Gasteiger partial charge in [0.05, 0.1) is 26.9 Å². The molecule has 0 fully saturated rings. The minimum Gasteiger partial charge on any atom is -0.497 e. The lowest BCUT2D eigenvalue weighted by Crippen LogP contribution is -2.33. The molecule has 33 heavy (non-hydrogen) atoms. The van der Waals surface area contributed by atoms with Gasteiger partial charge in [-0.15, -0.1) is 0 Å². The second-order valence-corrected chi connectivity index (χ2v) is 7.54. The van der Waals surface area contributed by atoms with Gasteiger partial charge in [-0.3, -0.25) is 4.79 Å². The van der Waals surface area contributed by atoms with Gasteiger partial charge in [0.2, 0.25) is 0 Å². The predicted octanol–water partition coefficient (Wildman–Crippen LogP) is 4.80. The molecule has 6 heteroatoms. The predicted molar refractivity (Wildman–Crippen MR) is 125 cm³/mol. The van der Waals surface area contributed by atoms with E-state index in [2.05, 4.69) is 0 Å². The van der Waals surface area contributed by atoms with Crippen molar-refractivity contribution in [3.63, 3.8) is 0 Å². The molecule has 3 aromatic carbocycles. The first-order chi connectivity index (χ1) is 16.0. The van der Waals surface area contributed by atoms with Gasteiger partial charge >= 0.3 is 0 Å². The van der Waals surface area contributed by atoms with Gasteiger partial charge in [0.1, 0.15) is 23.0 Å². The van der Waals surface area contributed by atoms with Crippen LogP contribution >= 0.6 is 0 Å². The highest BCUT2D eigenvalue weighted by atomic mass is 16.7. The van der Waals surface area contributed by atoms with Crippen LogP contribution in [0.25, 0.3) is 5.57 Å². The van der Waals surface area contributed by atoms with E-state index in [0.29, 0.717) is 39.7 Å². The number of hydrogen-bond acceptors (Lipinski definition) is 6. The van der Waals surface area contributed by atoms with E-state index in [4.69, 9.17) is 23.7 Å². The number of rotatable bonds is 8. The zero-order valence-corrected chi connectivity index (χ0v) is 19.1. The van der Waals surface area contributed by atoms with Crippen molar-refractivity contribution < 1.29 is 28.5 Å². The van der Waals surface area contributed by atoms with Crippen LogP contribution in [0.15, 0.2) is 72.8 Å². The molecule has 1 atom stereocenters. The lowest BCUT2D eigenvalue weighted by atomic mass is 9.91. The molecule has 4 rings (SSSR count). The van der Waals surface area contributed by atoms with Gasteiger partial charge in [-0.05, 0) is 35.9 Å². The molecule has 0 amide bonds. The molecule has 1 aliphatic heterocycles. The zero-order valence-electron chi connectivity index (χ0n) is 19.1. The van der Waals surface area contributed by atoms with Crippen molar-refractivity contribution in [1.29, 1.82) is 0 Å². The summed E-state index contributed by atoms with van der Waals surface area (Å²) >= 11 is 0. The lowest BCUT2D eigenvalue weighted by molar-refractivity contribution is -0.118. The monoisotopic (exact) mass is 446 g/mol. The first kappa shape index (κ1) is 22.4. The Bertz CT molecular complexity index is 1170. The van der Waals surface area contributed by atoms with Gasteiger partial charge in [-0.1, -0.05) is 30.3 Å². The highest BCUT2D eigenvalue weighted by Gasteiger charge is 2.48. The molecule has 0 bridgehead atoms. The maximum absolute atomic E-state index is 13.2. The average molecular weight is 446 g/mol. The Hall–Kier alpha value is -3.77. The molecular formula is C27H26O6. The molecule has 0 N–H and O–H groups in total. The number of ketones is 1. The topological polar surface area (TPSA) is 63.2 Å². The van der Waals surface area contributed by atoms with Crippen LogP contribution in [0.2, 0.25) is 0 Å². The smallest absolute Gasteiger partial charge is 0.265 e. The average Bonchev–Trinajstić information content (AvgIpc) is 3.18. The molecule has 0 saturated heterocycles. The van der Waals surface area contributed by atoms with E-state index in [0.717, 1.165) is 5.56 Å². The minimum atomic E-state index is -1.35. The van der Waals surface area contributed by atoms with Crippen LogP contribution < -0.4 is 18.9 Å². The third-order valence-corrected chi connectivity index (χ3v) is 5.66. The van der Waals surface area contributed by atoms with Gasteiger partial charge < -0.3 is 23.7 Å². The number of fused-ring (bicyclic) bond motifs is 1. The van der Waals surface area contributed by atoms with Crippen LogP contribution in [0.1, 0.15) is 16.7 Å². The van der Waals surface area contributed by atoms with Gasteiger partial charge in [0.25, 0.3) is 5.79 Å². The van der Waals surface area contributed by atoms with Crippen LogP contribution in [0.5, 0.6) is 23.0 Å². The van der Waals surface area contributed by atoms with E-state index >= 15 is 0 Å². The summed E-state index contributed by atoms with van der Waals surface area (Å²) in [5.41, 5.74) is 2.84. The SMILES string of the molecule is COc1ccc(C2(OC)Oc3cc(OC)cc(OC)c3/C2=C\C(=O)Cc2ccccc2)cc1. The Morgan fingerprint density at radius 3 is 2.18 bits per heavy atom. The first-order valence-corrected chi connectivity index (χ1v) is 10.5. The third kappa shape index (κ3) is 4.17. The number of carbonyl (C=O) groups excluding carboxylic acids is 1. The summed E-state index contributed by atoms with van der Waals surface area (Å²) < 4.78 is 28.8. The van der Waals surface area contributed by atoms with E-state index in [9.17, 15) is 4.79 Å². The number of allylic oxidation sites excluding steroid dienone is 1. The fourth-order valence-electron chi connectivity index (χ4n) is 4.04. The molecular weight excluding hydrogens is 420 g/mol. The van der Waals surface area contributed by atoms with Crippen LogP contribution in [0, 0.1) is 0 Å². The molecule has 170 valence electrons. The molecule has 0 aliphatic carbocycles. The standard InChI is InChI=1S/C27H26O6/c1-29-21-12-10-19(11-13-21)27(32-4)23(15-20(28)14-18-8-6-5-7-9-18)26-24(31-3)16-22(30-2)17-25(26)33-27/h5-13,15-17H,14H2,1-4H3/b23-15+. The lowest BCUT2D eigenvalue weighted by Gasteiger charge is -2.29. The van der Waals surface area contributed by atoms with Gasteiger partial charge in [-0.25, -0.2) is 0 Å². The summed E-state index contributed by atoms with van der Waals surface area (Å²) in [6.07, 6.45) is 1.84. The van der Waals surface area contributed by atoms with Crippen LogP contribution in [0.3, 0.4) is 0 Å². The maximum Gasteiger partial charge on any atom is 0.265 e. The van der Waals surface area contributed by atoms with E-state index in [1.54, 1.807) is 46.6 Å². The third-order valence-electron chi connectivity index (χ3n) is 5.66. The number of ether oxygens (including phenoxy) is 5. The summed E-state index contributed by atoms with van der Waals surface area (Å²) in [7, 11) is 6.30. The normalized spacial score (nSPS) is 17.9. The number of carbonyl (C=O) groups is 1. The van der Waals surface area contributed by atoms with E-state index in [-0.39, 0.29) is 12.2 Å². The van der Waals surface area contributed by atoms with Crippen molar-refractivity contribution >= 4 is 11.4 Å². The first-order valence-electron chi connectivity index (χ1n) is 10.5. The van der Waals surface area contributed by atoms with Crippen LogP contribution in [-0.4, -0.2) is 34.2 Å². The van der Waals surface area contributed by atoms with Crippen molar-refractivity contribution in [3.8, 4) is 23.0 Å². The summed E-state index contributed by atoms with van der Waals surface area (Å²) in [5, 5.41) is 0. The molecule has 1 unspecified atom stereocenters. The Labute approximate surface area is 193 Å². The van der Waals surface area contributed by atoms with Crippen LogP contribution in [0.4, 0.5) is 0 Å². The quantitative estimate of drug-likeness (QED) is 0.463.